The zero-order valence-electron chi connectivity index (χ0n) is 11.8. The van der Waals surface area contributed by atoms with Crippen LogP contribution in [0.15, 0.2) is 33.3 Å². The summed E-state index contributed by atoms with van der Waals surface area (Å²) in [5.74, 6) is 0.0232. The van der Waals surface area contributed by atoms with Crippen LogP contribution in [0, 0.1) is 6.92 Å². The van der Waals surface area contributed by atoms with Crippen LogP contribution in [0.4, 0.5) is 5.82 Å². The van der Waals surface area contributed by atoms with Crippen LogP contribution in [0.1, 0.15) is 23.0 Å². The molecule has 116 valence electrons. The first-order valence-electron chi connectivity index (χ1n) is 6.37. The van der Waals surface area contributed by atoms with E-state index in [1.165, 1.54) is 0 Å². The summed E-state index contributed by atoms with van der Waals surface area (Å²) in [7, 11) is 0. The minimum absolute atomic E-state index is 0.285. The maximum Gasteiger partial charge on any atom is 0.253 e. The maximum absolute atomic E-state index is 12.2. The van der Waals surface area contributed by atoms with Gasteiger partial charge in [0.1, 0.15) is 11.8 Å². The third-order valence-electron chi connectivity index (χ3n) is 2.79. The Bertz CT molecular complexity index is 717. The first-order valence-corrected chi connectivity index (χ1v) is 7.54. The number of hydrogen-bond acceptors (Lipinski definition) is 4. The third-order valence-corrected chi connectivity index (χ3v) is 3.62. The lowest BCUT2D eigenvalue weighted by molar-refractivity contribution is -0.117. The van der Waals surface area contributed by atoms with Gasteiger partial charge in [-0.1, -0.05) is 32.7 Å². The maximum atomic E-state index is 12.2. The highest BCUT2D eigenvalue weighted by molar-refractivity contribution is 9.10. The van der Waals surface area contributed by atoms with E-state index in [0.717, 1.165) is 4.47 Å². The molecule has 0 aliphatic carbocycles. The van der Waals surface area contributed by atoms with Gasteiger partial charge in [-0.25, -0.2) is 0 Å². The summed E-state index contributed by atoms with van der Waals surface area (Å²) < 4.78 is 5.57. The fourth-order valence-corrected chi connectivity index (χ4v) is 2.24. The lowest BCUT2D eigenvalue weighted by Crippen LogP contribution is -2.41. The molecular formula is C14H13BrClN3O3. The topological polar surface area (TPSA) is 84.2 Å². The Morgan fingerprint density at radius 3 is 2.73 bits per heavy atom. The smallest absolute Gasteiger partial charge is 0.253 e. The molecule has 1 atom stereocenters. The van der Waals surface area contributed by atoms with Gasteiger partial charge in [-0.05, 0) is 32.0 Å². The second kappa shape index (κ2) is 6.93. The number of benzene rings is 1. The molecule has 2 N–H and O–H groups in total. The summed E-state index contributed by atoms with van der Waals surface area (Å²) in [4.78, 5) is 24.1. The van der Waals surface area contributed by atoms with Gasteiger partial charge in [-0.3, -0.25) is 9.59 Å². The predicted octanol–water partition coefficient (Wildman–Crippen LogP) is 3.16. The number of hydrogen-bond donors (Lipinski definition) is 2. The van der Waals surface area contributed by atoms with E-state index in [1.807, 2.05) is 0 Å². The van der Waals surface area contributed by atoms with Crippen molar-refractivity contribution >= 4 is 45.2 Å². The van der Waals surface area contributed by atoms with Crippen molar-refractivity contribution in [1.82, 2.24) is 10.5 Å². The van der Waals surface area contributed by atoms with Crippen LogP contribution in [0.5, 0.6) is 0 Å². The molecule has 2 rings (SSSR count). The summed E-state index contributed by atoms with van der Waals surface area (Å²) in [5.41, 5.74) is 0.285. The van der Waals surface area contributed by atoms with Gasteiger partial charge >= 0.3 is 0 Å². The van der Waals surface area contributed by atoms with Crippen LogP contribution in [-0.4, -0.2) is 23.0 Å². The minimum atomic E-state index is -0.764. The molecule has 22 heavy (non-hydrogen) atoms. The van der Waals surface area contributed by atoms with E-state index < -0.39 is 17.9 Å². The molecule has 0 spiro atoms. The van der Waals surface area contributed by atoms with Crippen LogP contribution < -0.4 is 10.6 Å². The Balaban J connectivity index is 2.01. The largest absolute Gasteiger partial charge is 0.360 e. The summed E-state index contributed by atoms with van der Waals surface area (Å²) in [6.07, 6.45) is 0. The SMILES string of the molecule is Cc1cc(NC(=O)C(C)NC(=O)c2cc(Br)ccc2Cl)no1. The van der Waals surface area contributed by atoms with E-state index in [4.69, 9.17) is 16.1 Å². The van der Waals surface area contributed by atoms with E-state index in [0.29, 0.717) is 16.6 Å². The van der Waals surface area contributed by atoms with Gasteiger partial charge in [0, 0.05) is 10.5 Å². The normalized spacial score (nSPS) is 11.8. The Hall–Kier alpha value is -1.86. The van der Waals surface area contributed by atoms with E-state index in [2.05, 4.69) is 31.7 Å². The number of aromatic nitrogens is 1. The molecule has 1 aromatic carbocycles. The number of halogens is 2. The number of rotatable bonds is 4. The molecule has 0 aliphatic heterocycles. The molecule has 8 heteroatoms. The van der Waals surface area contributed by atoms with Crippen molar-refractivity contribution < 1.29 is 14.1 Å². The quantitative estimate of drug-likeness (QED) is 0.845. The van der Waals surface area contributed by atoms with Crippen LogP contribution in [0.25, 0.3) is 0 Å². The van der Waals surface area contributed by atoms with Crippen molar-refractivity contribution in [3.63, 3.8) is 0 Å². The van der Waals surface area contributed by atoms with E-state index in [-0.39, 0.29) is 5.56 Å². The second-order valence-electron chi connectivity index (χ2n) is 4.63. The Morgan fingerprint density at radius 1 is 1.36 bits per heavy atom. The average Bonchev–Trinajstić information content (AvgIpc) is 2.86. The number of amides is 2. The van der Waals surface area contributed by atoms with Crippen LogP contribution in [-0.2, 0) is 4.79 Å². The van der Waals surface area contributed by atoms with Crippen LogP contribution in [0.3, 0.4) is 0 Å². The zero-order chi connectivity index (χ0) is 16.3. The van der Waals surface area contributed by atoms with Gasteiger partial charge in [0.2, 0.25) is 5.91 Å². The fraction of sp³-hybridized carbons (Fsp3) is 0.214. The summed E-state index contributed by atoms with van der Waals surface area (Å²) in [6.45, 7) is 3.27. The predicted molar refractivity (Wildman–Crippen MR) is 85.9 cm³/mol. The van der Waals surface area contributed by atoms with Gasteiger partial charge < -0.3 is 15.2 Å². The Labute approximate surface area is 140 Å². The number of carbonyl (C=O) groups is 2. The molecule has 0 aliphatic rings. The van der Waals surface area contributed by atoms with Crippen molar-refractivity contribution in [2.24, 2.45) is 0 Å². The van der Waals surface area contributed by atoms with Crippen LogP contribution >= 0.6 is 27.5 Å². The summed E-state index contributed by atoms with van der Waals surface area (Å²) >= 11 is 9.25. The van der Waals surface area contributed by atoms with E-state index >= 15 is 0 Å². The molecule has 2 amide bonds. The highest BCUT2D eigenvalue weighted by Crippen LogP contribution is 2.21. The first-order chi connectivity index (χ1) is 10.4. The number of carbonyl (C=O) groups excluding carboxylic acids is 2. The number of anilines is 1. The van der Waals surface area contributed by atoms with Crippen molar-refractivity contribution in [1.29, 1.82) is 0 Å². The Morgan fingerprint density at radius 2 is 2.09 bits per heavy atom. The van der Waals surface area contributed by atoms with Gasteiger partial charge in [0.25, 0.3) is 5.91 Å². The number of nitrogens with zero attached hydrogens (tertiary/aromatic N) is 1. The minimum Gasteiger partial charge on any atom is -0.360 e. The molecule has 1 aromatic heterocycles. The van der Waals surface area contributed by atoms with Crippen molar-refractivity contribution in [2.45, 2.75) is 19.9 Å². The molecular weight excluding hydrogens is 374 g/mol. The highest BCUT2D eigenvalue weighted by atomic mass is 79.9. The molecule has 0 saturated heterocycles. The Kier molecular flexibility index (Phi) is 5.20. The summed E-state index contributed by atoms with van der Waals surface area (Å²) in [6, 6.07) is 5.73. The molecule has 2 aromatic rings. The molecule has 6 nitrogen and oxygen atoms in total. The number of nitrogens with one attached hydrogen (secondary N) is 2. The fourth-order valence-electron chi connectivity index (χ4n) is 1.67. The lowest BCUT2D eigenvalue weighted by atomic mass is 10.2. The average molecular weight is 387 g/mol. The molecule has 0 saturated carbocycles. The van der Waals surface area contributed by atoms with Gasteiger partial charge in [0.15, 0.2) is 5.82 Å². The molecule has 0 fully saturated rings. The van der Waals surface area contributed by atoms with Gasteiger partial charge in [0.05, 0.1) is 10.6 Å². The second-order valence-corrected chi connectivity index (χ2v) is 5.95. The van der Waals surface area contributed by atoms with E-state index in [9.17, 15) is 9.59 Å². The molecule has 0 bridgehead atoms. The van der Waals surface area contributed by atoms with Gasteiger partial charge in [-0.2, -0.15) is 0 Å². The zero-order valence-corrected chi connectivity index (χ0v) is 14.2. The third kappa shape index (κ3) is 4.08. The molecule has 0 radical (unpaired) electrons. The van der Waals surface area contributed by atoms with Crippen molar-refractivity contribution in [2.75, 3.05) is 5.32 Å². The standard InChI is InChI=1S/C14H13BrClN3O3/c1-7-5-12(19-22-7)18-13(20)8(2)17-14(21)10-6-9(15)3-4-11(10)16/h3-6,8H,1-2H3,(H,17,21)(H,18,19,20). The lowest BCUT2D eigenvalue weighted by Gasteiger charge is -2.13. The summed E-state index contributed by atoms with van der Waals surface area (Å²) in [5, 5.41) is 9.08. The first kappa shape index (κ1) is 16.5. The van der Waals surface area contributed by atoms with E-state index in [1.54, 1.807) is 38.1 Å². The van der Waals surface area contributed by atoms with Crippen molar-refractivity contribution in [3.05, 3.63) is 45.1 Å². The van der Waals surface area contributed by atoms with Crippen molar-refractivity contribution in [3.8, 4) is 0 Å². The number of aryl methyl sites for hydroxylation is 1. The molecule has 1 unspecified atom stereocenters. The monoisotopic (exact) mass is 385 g/mol. The van der Waals surface area contributed by atoms with Gasteiger partial charge in [-0.15, -0.1) is 0 Å². The van der Waals surface area contributed by atoms with Crippen LogP contribution in [0.2, 0.25) is 5.02 Å². The highest BCUT2D eigenvalue weighted by Gasteiger charge is 2.19. The molecule has 1 heterocycles.